The molecule has 0 aromatic heterocycles. The molecule has 1 saturated heterocycles. The van der Waals surface area contributed by atoms with Crippen molar-refractivity contribution in [3.05, 3.63) is 35.9 Å². The van der Waals surface area contributed by atoms with Crippen LogP contribution in [0.4, 0.5) is 0 Å². The van der Waals surface area contributed by atoms with E-state index in [1.165, 1.54) is 18.5 Å². The fourth-order valence-corrected chi connectivity index (χ4v) is 1.26. The predicted octanol–water partition coefficient (Wildman–Crippen LogP) is 2.14. The molecule has 1 aromatic rings. The lowest BCUT2D eigenvalue weighted by atomic mass is 9.98. The van der Waals surface area contributed by atoms with Gasteiger partial charge in [0.1, 0.15) is 0 Å². The summed E-state index contributed by atoms with van der Waals surface area (Å²) in [5, 5.41) is 3.36. The molecule has 1 aromatic carbocycles. The largest absolute Gasteiger partial charge is 0.310 e. The Hall–Kier alpha value is -0.530. The Morgan fingerprint density at radius 1 is 1.18 bits per heavy atom. The quantitative estimate of drug-likeness (QED) is 0.680. The van der Waals surface area contributed by atoms with Crippen LogP contribution in [0.5, 0.6) is 0 Å². The highest BCUT2D eigenvalue weighted by atomic mass is 35.5. The summed E-state index contributed by atoms with van der Waals surface area (Å²) < 4.78 is 0. The third kappa shape index (κ3) is 1.73. The first-order valence-corrected chi connectivity index (χ1v) is 3.75. The number of rotatable bonds is 1. The van der Waals surface area contributed by atoms with Crippen LogP contribution in [0.3, 0.4) is 0 Å². The summed E-state index contributed by atoms with van der Waals surface area (Å²) in [5.41, 5.74) is 1.42. The van der Waals surface area contributed by atoms with E-state index < -0.39 is 0 Å². The van der Waals surface area contributed by atoms with E-state index in [-0.39, 0.29) is 12.4 Å². The average molecular weight is 170 g/mol. The molecule has 2 heteroatoms. The van der Waals surface area contributed by atoms with Crippen molar-refractivity contribution in [2.24, 2.45) is 0 Å². The Kier molecular flexibility index (Phi) is 2.92. The Balaban J connectivity index is 0.000000605. The van der Waals surface area contributed by atoms with Crippen molar-refractivity contribution < 1.29 is 0 Å². The zero-order chi connectivity index (χ0) is 6.81. The molecule has 11 heavy (non-hydrogen) atoms. The molecule has 0 aliphatic carbocycles. The minimum atomic E-state index is 0. The van der Waals surface area contributed by atoms with Gasteiger partial charge in [0.15, 0.2) is 0 Å². The van der Waals surface area contributed by atoms with E-state index in [1.54, 1.807) is 0 Å². The maximum atomic E-state index is 3.36. The van der Waals surface area contributed by atoms with E-state index in [0.29, 0.717) is 6.04 Å². The first-order valence-electron chi connectivity index (χ1n) is 3.75. The number of hydrogen-bond acceptors (Lipinski definition) is 1. The van der Waals surface area contributed by atoms with Crippen molar-refractivity contribution in [2.75, 3.05) is 6.54 Å². The molecule has 1 heterocycles. The van der Waals surface area contributed by atoms with Gasteiger partial charge >= 0.3 is 0 Å². The van der Waals surface area contributed by atoms with Gasteiger partial charge in [0, 0.05) is 6.04 Å². The van der Waals surface area contributed by atoms with E-state index in [9.17, 15) is 0 Å². The minimum absolute atomic E-state index is 0. The smallest absolute Gasteiger partial charge is 0.0332 e. The third-order valence-corrected chi connectivity index (χ3v) is 2.03. The molecule has 0 spiro atoms. The van der Waals surface area contributed by atoms with Crippen LogP contribution in [0.15, 0.2) is 30.3 Å². The summed E-state index contributed by atoms with van der Waals surface area (Å²) in [5.74, 6) is 0. The molecule has 0 radical (unpaired) electrons. The van der Waals surface area contributed by atoms with E-state index in [0.717, 1.165) is 0 Å². The highest BCUT2D eigenvalue weighted by molar-refractivity contribution is 5.85. The molecule has 2 rings (SSSR count). The lowest BCUT2D eigenvalue weighted by Gasteiger charge is -2.27. The first kappa shape index (κ1) is 8.57. The van der Waals surface area contributed by atoms with Crippen molar-refractivity contribution in [2.45, 2.75) is 12.5 Å². The summed E-state index contributed by atoms with van der Waals surface area (Å²) in [7, 11) is 0. The van der Waals surface area contributed by atoms with Crippen molar-refractivity contribution in [1.29, 1.82) is 0 Å². The Bertz CT molecular complexity index is 206. The molecule has 1 aliphatic heterocycles. The van der Waals surface area contributed by atoms with Gasteiger partial charge in [0.25, 0.3) is 0 Å². The van der Waals surface area contributed by atoms with Gasteiger partial charge in [-0.25, -0.2) is 0 Å². The summed E-state index contributed by atoms with van der Waals surface area (Å²) in [6.45, 7) is 1.18. The van der Waals surface area contributed by atoms with Gasteiger partial charge in [0.2, 0.25) is 0 Å². The fraction of sp³-hybridized carbons (Fsp3) is 0.333. The number of nitrogens with one attached hydrogen (secondary N) is 1. The summed E-state index contributed by atoms with van der Waals surface area (Å²) in [4.78, 5) is 0. The molecule has 1 atom stereocenters. The van der Waals surface area contributed by atoms with Crippen LogP contribution >= 0.6 is 12.4 Å². The molecule has 60 valence electrons. The molecular weight excluding hydrogens is 158 g/mol. The summed E-state index contributed by atoms with van der Waals surface area (Å²) in [6, 6.07) is 11.2. The Labute approximate surface area is 73.2 Å². The maximum absolute atomic E-state index is 3.36. The highest BCUT2D eigenvalue weighted by Gasteiger charge is 2.16. The zero-order valence-electron chi connectivity index (χ0n) is 6.29. The first-order chi connectivity index (χ1) is 4.97. The SMILES string of the molecule is Cl.c1ccc(C2CCN2)cc1. The fourth-order valence-electron chi connectivity index (χ4n) is 1.26. The highest BCUT2D eigenvalue weighted by Crippen LogP contribution is 2.21. The molecule has 1 nitrogen and oxygen atoms in total. The Morgan fingerprint density at radius 2 is 1.82 bits per heavy atom. The van der Waals surface area contributed by atoms with Crippen molar-refractivity contribution >= 4 is 12.4 Å². The lowest BCUT2D eigenvalue weighted by molar-refractivity contribution is 0.383. The molecule has 1 unspecified atom stereocenters. The maximum Gasteiger partial charge on any atom is 0.0332 e. The summed E-state index contributed by atoms with van der Waals surface area (Å²) >= 11 is 0. The van der Waals surface area contributed by atoms with Crippen molar-refractivity contribution in [3.8, 4) is 0 Å². The monoisotopic (exact) mass is 169 g/mol. The van der Waals surface area contributed by atoms with Crippen LogP contribution in [0.1, 0.15) is 18.0 Å². The second-order valence-corrected chi connectivity index (χ2v) is 2.71. The van der Waals surface area contributed by atoms with Crippen LogP contribution in [-0.4, -0.2) is 6.54 Å². The summed E-state index contributed by atoms with van der Waals surface area (Å²) in [6.07, 6.45) is 1.30. The predicted molar refractivity (Wildman–Crippen MR) is 49.1 cm³/mol. The van der Waals surface area contributed by atoms with Crippen LogP contribution in [-0.2, 0) is 0 Å². The van der Waals surface area contributed by atoms with Gasteiger partial charge < -0.3 is 5.32 Å². The molecule has 1 N–H and O–H groups in total. The van der Waals surface area contributed by atoms with Gasteiger partial charge in [-0.15, -0.1) is 12.4 Å². The van der Waals surface area contributed by atoms with Gasteiger partial charge in [-0.1, -0.05) is 30.3 Å². The zero-order valence-corrected chi connectivity index (χ0v) is 7.10. The third-order valence-electron chi connectivity index (χ3n) is 2.03. The second kappa shape index (κ2) is 3.74. The molecule has 0 bridgehead atoms. The molecular formula is C9H12ClN. The molecule has 0 amide bonds. The van der Waals surface area contributed by atoms with E-state index in [1.807, 2.05) is 0 Å². The number of halogens is 1. The topological polar surface area (TPSA) is 12.0 Å². The molecule has 0 saturated carbocycles. The number of benzene rings is 1. The van der Waals surface area contributed by atoms with E-state index in [4.69, 9.17) is 0 Å². The average Bonchev–Trinajstić information content (AvgIpc) is 1.86. The Morgan fingerprint density at radius 3 is 2.27 bits per heavy atom. The van der Waals surface area contributed by atoms with Crippen LogP contribution in [0.2, 0.25) is 0 Å². The molecule has 1 aliphatic rings. The van der Waals surface area contributed by atoms with Gasteiger partial charge in [0.05, 0.1) is 0 Å². The van der Waals surface area contributed by atoms with Crippen molar-refractivity contribution in [1.82, 2.24) is 5.32 Å². The minimum Gasteiger partial charge on any atom is -0.310 e. The molecule has 1 fully saturated rings. The van der Waals surface area contributed by atoms with E-state index >= 15 is 0 Å². The lowest BCUT2D eigenvalue weighted by Crippen LogP contribution is -2.34. The number of hydrogen-bond donors (Lipinski definition) is 1. The van der Waals surface area contributed by atoms with E-state index in [2.05, 4.69) is 35.6 Å². The van der Waals surface area contributed by atoms with Crippen LogP contribution < -0.4 is 5.32 Å². The van der Waals surface area contributed by atoms with Crippen LogP contribution in [0.25, 0.3) is 0 Å². The van der Waals surface area contributed by atoms with Gasteiger partial charge in [-0.3, -0.25) is 0 Å². The van der Waals surface area contributed by atoms with Gasteiger partial charge in [-0.05, 0) is 18.5 Å². The second-order valence-electron chi connectivity index (χ2n) is 2.71. The normalized spacial score (nSPS) is 21.6. The van der Waals surface area contributed by atoms with Crippen LogP contribution in [0, 0.1) is 0 Å². The standard InChI is InChI=1S/C9H11N.ClH/c1-2-4-8(5-3-1)9-6-7-10-9;/h1-5,9-10H,6-7H2;1H. The van der Waals surface area contributed by atoms with Crippen molar-refractivity contribution in [3.63, 3.8) is 0 Å². The van der Waals surface area contributed by atoms with Gasteiger partial charge in [-0.2, -0.15) is 0 Å².